The molecule has 36 heavy (non-hydrogen) atoms. The molecule has 3 amide bonds. The Balaban J connectivity index is 1.33. The summed E-state index contributed by atoms with van der Waals surface area (Å²) in [5, 5.41) is 2.70. The molecule has 1 aromatic heterocycles. The maximum absolute atomic E-state index is 13.6. The van der Waals surface area contributed by atoms with E-state index in [2.05, 4.69) is 64.5 Å². The fourth-order valence-corrected chi connectivity index (χ4v) is 6.32. The second-order valence-corrected chi connectivity index (χ2v) is 11.0. The van der Waals surface area contributed by atoms with Gasteiger partial charge in [0.2, 0.25) is 5.91 Å². The lowest BCUT2D eigenvalue weighted by Crippen LogP contribution is -2.56. The van der Waals surface area contributed by atoms with Crippen LogP contribution >= 0.6 is 0 Å². The summed E-state index contributed by atoms with van der Waals surface area (Å²) in [6.07, 6.45) is 8.35. The Bertz CT molecular complexity index is 1080. The molecule has 2 aromatic rings. The predicted molar refractivity (Wildman–Crippen MR) is 137 cm³/mol. The number of halogens is 1. The molecule has 0 radical (unpaired) electrons. The Kier molecular flexibility index (Phi) is 6.72. The third-order valence-electron chi connectivity index (χ3n) is 8.73. The van der Waals surface area contributed by atoms with Gasteiger partial charge >= 0.3 is 6.03 Å². The van der Waals surface area contributed by atoms with Crippen LogP contribution in [0.3, 0.4) is 0 Å². The van der Waals surface area contributed by atoms with Crippen LogP contribution in [0.2, 0.25) is 0 Å². The van der Waals surface area contributed by atoms with Gasteiger partial charge in [0, 0.05) is 18.6 Å². The van der Waals surface area contributed by atoms with Gasteiger partial charge in [-0.2, -0.15) is 0 Å². The number of hydrogen-bond acceptors (Lipinski definition) is 4. The molecular formula is C28H36FN5O2. The highest BCUT2D eigenvalue weighted by Gasteiger charge is 2.55. The largest absolute Gasteiger partial charge is 0.321 e. The van der Waals surface area contributed by atoms with Gasteiger partial charge < -0.3 is 15.1 Å². The number of anilines is 1. The maximum atomic E-state index is 13.6. The number of rotatable bonds is 7. The smallest absolute Gasteiger partial charge is 0.317 e. The molecule has 8 heteroatoms. The van der Waals surface area contributed by atoms with Gasteiger partial charge in [0.1, 0.15) is 18.2 Å². The molecule has 0 bridgehead atoms. The van der Waals surface area contributed by atoms with Gasteiger partial charge in [-0.05, 0) is 76.2 Å². The fourth-order valence-electron chi connectivity index (χ4n) is 6.32. The van der Waals surface area contributed by atoms with Gasteiger partial charge in [-0.15, -0.1) is 0 Å². The molecule has 3 aliphatic rings. The summed E-state index contributed by atoms with van der Waals surface area (Å²) in [5.74, 6) is 0.0618. The fraction of sp³-hybridized carbons (Fsp3) is 0.536. The summed E-state index contributed by atoms with van der Waals surface area (Å²) in [7, 11) is 4.30. The maximum Gasteiger partial charge on any atom is 0.321 e. The molecular weight excluding hydrogens is 457 g/mol. The van der Waals surface area contributed by atoms with E-state index in [1.165, 1.54) is 37.0 Å². The molecule has 1 aliphatic heterocycles. The van der Waals surface area contributed by atoms with E-state index in [4.69, 9.17) is 0 Å². The number of nitrogens with zero attached hydrogens (tertiary/aromatic N) is 4. The number of aromatic nitrogens is 1. The molecule has 2 heterocycles. The van der Waals surface area contributed by atoms with Crippen LogP contribution in [0.4, 0.5) is 15.0 Å². The lowest BCUT2D eigenvalue weighted by Gasteiger charge is -2.51. The topological polar surface area (TPSA) is 68.8 Å². The number of nitrogens with one attached hydrogen (secondary N) is 1. The Labute approximate surface area is 212 Å². The minimum Gasteiger partial charge on any atom is -0.317 e. The van der Waals surface area contributed by atoms with Crippen LogP contribution in [0, 0.1) is 11.7 Å². The molecule has 7 nitrogen and oxygen atoms in total. The monoisotopic (exact) mass is 493 g/mol. The van der Waals surface area contributed by atoms with Crippen molar-refractivity contribution in [2.45, 2.75) is 56.0 Å². The lowest BCUT2D eigenvalue weighted by atomic mass is 9.68. The number of amides is 3. The molecule has 2 saturated carbocycles. The highest BCUT2D eigenvalue weighted by Crippen LogP contribution is 2.49. The van der Waals surface area contributed by atoms with E-state index in [0.29, 0.717) is 12.5 Å². The molecule has 0 atom stereocenters. The number of benzene rings is 1. The molecule has 1 N–H and O–H groups in total. The predicted octanol–water partition coefficient (Wildman–Crippen LogP) is 4.47. The number of carbonyl (C=O) groups excluding carboxylic acids is 2. The van der Waals surface area contributed by atoms with E-state index < -0.39 is 5.82 Å². The van der Waals surface area contributed by atoms with E-state index in [-0.39, 0.29) is 35.4 Å². The minimum atomic E-state index is -0.460. The average Bonchev–Trinajstić information content (AvgIpc) is 3.08. The van der Waals surface area contributed by atoms with Gasteiger partial charge in [-0.1, -0.05) is 36.8 Å². The number of hydrogen-bond donors (Lipinski definition) is 1. The van der Waals surface area contributed by atoms with Crippen molar-refractivity contribution < 1.29 is 14.0 Å². The van der Waals surface area contributed by atoms with Crippen LogP contribution in [0.5, 0.6) is 0 Å². The van der Waals surface area contributed by atoms with Crippen molar-refractivity contribution in [3.05, 3.63) is 60.0 Å². The summed E-state index contributed by atoms with van der Waals surface area (Å²) in [6.45, 7) is 1.30. The van der Waals surface area contributed by atoms with Crippen molar-refractivity contribution in [3.63, 3.8) is 0 Å². The van der Waals surface area contributed by atoms with Gasteiger partial charge in [0.05, 0.1) is 11.7 Å². The van der Waals surface area contributed by atoms with E-state index in [9.17, 15) is 14.0 Å². The van der Waals surface area contributed by atoms with Crippen molar-refractivity contribution in [1.29, 1.82) is 0 Å². The Morgan fingerprint density at radius 2 is 1.83 bits per heavy atom. The average molecular weight is 494 g/mol. The van der Waals surface area contributed by atoms with Crippen molar-refractivity contribution in [3.8, 4) is 0 Å². The first kappa shape index (κ1) is 24.7. The lowest BCUT2D eigenvalue weighted by molar-refractivity contribution is -0.116. The van der Waals surface area contributed by atoms with Crippen LogP contribution in [0.25, 0.3) is 0 Å². The molecule has 2 aliphatic carbocycles. The van der Waals surface area contributed by atoms with E-state index in [1.54, 1.807) is 4.90 Å². The highest BCUT2D eigenvalue weighted by atomic mass is 19.1. The number of urea groups is 1. The first-order valence-electron chi connectivity index (χ1n) is 13.0. The van der Waals surface area contributed by atoms with Gasteiger partial charge in [-0.3, -0.25) is 9.69 Å². The summed E-state index contributed by atoms with van der Waals surface area (Å²) >= 11 is 0. The van der Waals surface area contributed by atoms with Gasteiger partial charge in [0.15, 0.2) is 0 Å². The highest BCUT2D eigenvalue weighted by molar-refractivity contribution is 5.94. The molecule has 0 unspecified atom stereocenters. The summed E-state index contributed by atoms with van der Waals surface area (Å²) in [4.78, 5) is 36.5. The Hall–Kier alpha value is -3.00. The van der Waals surface area contributed by atoms with Gasteiger partial charge in [-0.25, -0.2) is 14.2 Å². The van der Waals surface area contributed by atoms with Crippen molar-refractivity contribution in [2.75, 3.05) is 39.0 Å². The molecule has 3 fully saturated rings. The third kappa shape index (κ3) is 4.59. The summed E-state index contributed by atoms with van der Waals surface area (Å²) in [6, 6.07) is 13.3. The van der Waals surface area contributed by atoms with Crippen molar-refractivity contribution in [2.24, 2.45) is 5.92 Å². The molecule has 5 rings (SSSR count). The second-order valence-electron chi connectivity index (χ2n) is 11.0. The Morgan fingerprint density at radius 3 is 2.42 bits per heavy atom. The zero-order valence-corrected chi connectivity index (χ0v) is 21.3. The number of pyridine rings is 1. The van der Waals surface area contributed by atoms with Crippen molar-refractivity contribution >= 4 is 17.8 Å². The Morgan fingerprint density at radius 1 is 1.11 bits per heavy atom. The van der Waals surface area contributed by atoms with Gasteiger partial charge in [0.25, 0.3) is 0 Å². The van der Waals surface area contributed by atoms with Crippen LogP contribution in [0.15, 0.2) is 48.7 Å². The van der Waals surface area contributed by atoms with E-state index in [1.807, 2.05) is 0 Å². The van der Waals surface area contributed by atoms with E-state index in [0.717, 1.165) is 38.4 Å². The standard InChI is InChI=1S/C28H36FN5O2/c1-32(2)28(22-9-4-3-5-10-22)15-13-27(14-16-28)20-33(26(36)34(27)18-21-7-6-8-21)19-25(35)31-24-12-11-23(29)17-30-24/h3-5,9-12,17,21H,6-8,13-16,18-20H2,1-2H3,(H,30,31,35)/t27-,28+. The number of carbonyl (C=O) groups is 2. The van der Waals surface area contributed by atoms with E-state index >= 15 is 0 Å². The van der Waals surface area contributed by atoms with Crippen LogP contribution < -0.4 is 5.32 Å². The van der Waals surface area contributed by atoms with Crippen molar-refractivity contribution in [1.82, 2.24) is 19.7 Å². The zero-order valence-electron chi connectivity index (χ0n) is 21.3. The first-order valence-corrected chi connectivity index (χ1v) is 13.0. The normalized spacial score (nSPS) is 26.5. The van der Waals surface area contributed by atoms with Crippen LogP contribution in [-0.4, -0.2) is 70.9 Å². The summed E-state index contributed by atoms with van der Waals surface area (Å²) < 4.78 is 13.2. The van der Waals surface area contributed by atoms with Crippen LogP contribution in [-0.2, 0) is 10.3 Å². The zero-order chi connectivity index (χ0) is 25.3. The third-order valence-corrected chi connectivity index (χ3v) is 8.73. The minimum absolute atomic E-state index is 0.0294. The molecule has 1 saturated heterocycles. The van der Waals surface area contributed by atoms with Crippen LogP contribution in [0.1, 0.15) is 50.5 Å². The SMILES string of the molecule is CN(C)[C@]1(c2ccccc2)CC[C@]2(CC1)CN(CC(=O)Nc1ccc(F)cn1)C(=O)N2CC1CCC1. The molecule has 1 spiro atoms. The molecule has 1 aromatic carbocycles. The first-order chi connectivity index (χ1) is 17.3. The quantitative estimate of drug-likeness (QED) is 0.618. The summed E-state index contributed by atoms with van der Waals surface area (Å²) in [5.41, 5.74) is 1.01. The molecule has 192 valence electrons. The second kappa shape index (κ2) is 9.81.